The lowest BCUT2D eigenvalue weighted by molar-refractivity contribution is 0.306. The molecule has 2 aromatic carbocycles. The van der Waals surface area contributed by atoms with E-state index in [9.17, 15) is 0 Å². The van der Waals surface area contributed by atoms with Crippen molar-refractivity contribution in [2.24, 2.45) is 0 Å². The summed E-state index contributed by atoms with van der Waals surface area (Å²) in [5.74, 6) is 1.43. The molecule has 0 aromatic heterocycles. The van der Waals surface area contributed by atoms with E-state index >= 15 is 0 Å². The third-order valence-corrected chi connectivity index (χ3v) is 2.91. The second kappa shape index (κ2) is 5.58. The molecular formula is C16H19NO. The van der Waals surface area contributed by atoms with Crippen LogP contribution in [-0.2, 0) is 6.61 Å². The van der Waals surface area contributed by atoms with E-state index in [0.29, 0.717) is 12.5 Å². The first-order valence-corrected chi connectivity index (χ1v) is 6.22. The van der Waals surface area contributed by atoms with Gasteiger partial charge in [-0.3, -0.25) is 0 Å². The van der Waals surface area contributed by atoms with Gasteiger partial charge in [-0.2, -0.15) is 0 Å². The van der Waals surface area contributed by atoms with E-state index in [1.807, 2.05) is 36.4 Å². The van der Waals surface area contributed by atoms with Crippen LogP contribution >= 0.6 is 0 Å². The second-order valence-corrected chi connectivity index (χ2v) is 4.76. The van der Waals surface area contributed by atoms with E-state index in [0.717, 1.165) is 17.0 Å². The number of rotatable bonds is 4. The fourth-order valence-electron chi connectivity index (χ4n) is 1.74. The number of hydrogen-bond donors (Lipinski definition) is 1. The van der Waals surface area contributed by atoms with Crippen LogP contribution < -0.4 is 10.5 Å². The molecule has 0 aliphatic rings. The molecule has 0 aliphatic carbocycles. The van der Waals surface area contributed by atoms with Gasteiger partial charge in [0.25, 0.3) is 0 Å². The van der Waals surface area contributed by atoms with Crippen LogP contribution in [0.1, 0.15) is 30.9 Å². The van der Waals surface area contributed by atoms with Gasteiger partial charge >= 0.3 is 0 Å². The predicted molar refractivity (Wildman–Crippen MR) is 75.7 cm³/mol. The summed E-state index contributed by atoms with van der Waals surface area (Å²) < 4.78 is 5.78. The maximum atomic E-state index is 5.78. The summed E-state index contributed by atoms with van der Waals surface area (Å²) in [5, 5.41) is 0. The maximum absolute atomic E-state index is 5.78. The van der Waals surface area contributed by atoms with Crippen molar-refractivity contribution in [3.8, 4) is 5.75 Å². The van der Waals surface area contributed by atoms with Gasteiger partial charge < -0.3 is 10.5 Å². The lowest BCUT2D eigenvalue weighted by Gasteiger charge is -2.10. The molecule has 0 saturated heterocycles. The summed E-state index contributed by atoms with van der Waals surface area (Å²) in [5.41, 5.74) is 8.84. The van der Waals surface area contributed by atoms with Gasteiger partial charge in [0.15, 0.2) is 0 Å². The average molecular weight is 241 g/mol. The molecule has 2 rings (SSSR count). The molecule has 2 N–H and O–H groups in total. The Kier molecular flexibility index (Phi) is 3.88. The Morgan fingerprint density at radius 2 is 1.78 bits per heavy atom. The molecular weight excluding hydrogens is 222 g/mol. The Balaban J connectivity index is 2.01. The van der Waals surface area contributed by atoms with Crippen molar-refractivity contribution < 1.29 is 4.74 Å². The molecule has 2 aromatic rings. The Labute approximate surface area is 108 Å². The van der Waals surface area contributed by atoms with Crippen LogP contribution in [0.2, 0.25) is 0 Å². The molecule has 18 heavy (non-hydrogen) atoms. The third kappa shape index (κ3) is 3.27. The minimum Gasteiger partial charge on any atom is -0.489 e. The zero-order chi connectivity index (χ0) is 13.0. The highest BCUT2D eigenvalue weighted by Crippen LogP contribution is 2.21. The minimum atomic E-state index is 0.519. The van der Waals surface area contributed by atoms with Crippen molar-refractivity contribution in [2.45, 2.75) is 26.4 Å². The van der Waals surface area contributed by atoms with Crippen LogP contribution in [-0.4, -0.2) is 0 Å². The minimum absolute atomic E-state index is 0.519. The number of ether oxygens (including phenoxy) is 1. The molecule has 0 aliphatic heterocycles. The number of hydrogen-bond acceptors (Lipinski definition) is 2. The number of nitrogen functional groups attached to an aromatic ring is 1. The van der Waals surface area contributed by atoms with Gasteiger partial charge in [-0.1, -0.05) is 38.1 Å². The molecule has 0 bridgehead atoms. The Morgan fingerprint density at radius 1 is 1.06 bits per heavy atom. The lowest BCUT2D eigenvalue weighted by Crippen LogP contribution is -1.97. The van der Waals surface area contributed by atoms with Crippen LogP contribution in [0.4, 0.5) is 5.69 Å². The Hall–Kier alpha value is -1.96. The molecule has 0 saturated carbocycles. The molecule has 0 atom stereocenters. The van der Waals surface area contributed by atoms with Crippen LogP contribution in [0.25, 0.3) is 0 Å². The van der Waals surface area contributed by atoms with E-state index in [1.54, 1.807) is 0 Å². The van der Waals surface area contributed by atoms with Crippen molar-refractivity contribution in [2.75, 3.05) is 5.73 Å². The molecule has 94 valence electrons. The molecule has 2 nitrogen and oxygen atoms in total. The van der Waals surface area contributed by atoms with E-state index < -0.39 is 0 Å². The smallest absolute Gasteiger partial charge is 0.120 e. The van der Waals surface area contributed by atoms with Gasteiger partial charge in [0, 0.05) is 5.69 Å². The highest BCUT2D eigenvalue weighted by molar-refractivity contribution is 5.39. The lowest BCUT2D eigenvalue weighted by atomic mass is 10.0. The normalized spacial score (nSPS) is 10.6. The van der Waals surface area contributed by atoms with Crippen molar-refractivity contribution in [1.82, 2.24) is 0 Å². The van der Waals surface area contributed by atoms with Crippen molar-refractivity contribution >= 4 is 5.69 Å². The zero-order valence-electron chi connectivity index (χ0n) is 10.9. The van der Waals surface area contributed by atoms with Gasteiger partial charge in [0.05, 0.1) is 0 Å². The average Bonchev–Trinajstić information content (AvgIpc) is 2.38. The maximum Gasteiger partial charge on any atom is 0.120 e. The molecule has 0 heterocycles. The van der Waals surface area contributed by atoms with Crippen LogP contribution in [0, 0.1) is 0 Å². The first kappa shape index (κ1) is 12.5. The largest absolute Gasteiger partial charge is 0.489 e. The summed E-state index contributed by atoms with van der Waals surface area (Å²) in [6.07, 6.45) is 0. The summed E-state index contributed by atoms with van der Waals surface area (Å²) in [4.78, 5) is 0. The van der Waals surface area contributed by atoms with Crippen molar-refractivity contribution in [1.29, 1.82) is 0 Å². The predicted octanol–water partition coefficient (Wildman–Crippen LogP) is 3.97. The fourth-order valence-corrected chi connectivity index (χ4v) is 1.74. The van der Waals surface area contributed by atoms with Gasteiger partial charge in [0.2, 0.25) is 0 Å². The van der Waals surface area contributed by atoms with Crippen molar-refractivity contribution in [3.63, 3.8) is 0 Å². The number of anilines is 1. The molecule has 0 spiro atoms. The monoisotopic (exact) mass is 241 g/mol. The Bertz CT molecular complexity index is 503. The number of nitrogens with two attached hydrogens (primary N) is 1. The van der Waals surface area contributed by atoms with Gasteiger partial charge in [-0.25, -0.2) is 0 Å². The third-order valence-electron chi connectivity index (χ3n) is 2.91. The van der Waals surface area contributed by atoms with Gasteiger partial charge in [-0.15, -0.1) is 0 Å². The van der Waals surface area contributed by atoms with Crippen LogP contribution in [0.3, 0.4) is 0 Å². The molecule has 2 heteroatoms. The van der Waals surface area contributed by atoms with Crippen LogP contribution in [0.15, 0.2) is 48.5 Å². The molecule has 0 amide bonds. The van der Waals surface area contributed by atoms with E-state index in [2.05, 4.69) is 26.0 Å². The summed E-state index contributed by atoms with van der Waals surface area (Å²) >= 11 is 0. The highest BCUT2D eigenvalue weighted by Gasteiger charge is 2.01. The summed E-state index contributed by atoms with van der Waals surface area (Å²) in [6, 6.07) is 16.0. The SMILES string of the molecule is CC(C)c1cccc(OCc2ccc(N)cc2)c1. The van der Waals surface area contributed by atoms with E-state index in [1.165, 1.54) is 5.56 Å². The summed E-state index contributed by atoms with van der Waals surface area (Å²) in [7, 11) is 0. The quantitative estimate of drug-likeness (QED) is 0.822. The number of benzene rings is 2. The van der Waals surface area contributed by atoms with Gasteiger partial charge in [0.1, 0.15) is 12.4 Å². The molecule has 0 fully saturated rings. The first-order valence-electron chi connectivity index (χ1n) is 6.22. The van der Waals surface area contributed by atoms with E-state index in [-0.39, 0.29) is 0 Å². The van der Waals surface area contributed by atoms with Crippen LogP contribution in [0.5, 0.6) is 5.75 Å². The fraction of sp³-hybridized carbons (Fsp3) is 0.250. The standard InChI is InChI=1S/C16H19NO/c1-12(2)14-4-3-5-16(10-14)18-11-13-6-8-15(17)9-7-13/h3-10,12H,11,17H2,1-2H3. The second-order valence-electron chi connectivity index (χ2n) is 4.76. The zero-order valence-corrected chi connectivity index (χ0v) is 10.9. The topological polar surface area (TPSA) is 35.2 Å². The van der Waals surface area contributed by atoms with Crippen molar-refractivity contribution in [3.05, 3.63) is 59.7 Å². The highest BCUT2D eigenvalue weighted by atomic mass is 16.5. The summed E-state index contributed by atoms with van der Waals surface area (Å²) in [6.45, 7) is 4.93. The first-order chi connectivity index (χ1) is 8.65. The Morgan fingerprint density at radius 3 is 2.44 bits per heavy atom. The molecule has 0 unspecified atom stereocenters. The van der Waals surface area contributed by atoms with Gasteiger partial charge in [-0.05, 0) is 41.3 Å². The molecule has 0 radical (unpaired) electrons. The van der Waals surface area contributed by atoms with E-state index in [4.69, 9.17) is 10.5 Å².